The zero-order valence-corrected chi connectivity index (χ0v) is 10.6. The van der Waals surface area contributed by atoms with E-state index in [1.54, 1.807) is 12.1 Å². The molecule has 0 saturated heterocycles. The van der Waals surface area contributed by atoms with Gasteiger partial charge in [0.25, 0.3) is 0 Å². The molecule has 17 heavy (non-hydrogen) atoms. The summed E-state index contributed by atoms with van der Waals surface area (Å²) >= 11 is 3.61. The highest BCUT2D eigenvalue weighted by molar-refractivity contribution is 9.10. The van der Waals surface area contributed by atoms with Gasteiger partial charge in [0, 0.05) is 11.1 Å². The first-order valence-electron chi connectivity index (χ1n) is 4.41. The van der Waals surface area contributed by atoms with E-state index in [1.807, 2.05) is 0 Å². The number of nitrogens with two attached hydrogens (primary N) is 1. The zero-order chi connectivity index (χ0) is 12.6. The number of hydrogen-bond acceptors (Lipinski definition) is 4. The molecule has 8 heteroatoms. The van der Waals surface area contributed by atoms with Crippen LogP contribution in [0.1, 0.15) is 21.7 Å². The van der Waals surface area contributed by atoms with Gasteiger partial charge in [-0.25, -0.2) is 4.98 Å². The van der Waals surface area contributed by atoms with Gasteiger partial charge in [0.05, 0.1) is 6.04 Å². The lowest BCUT2D eigenvalue weighted by molar-refractivity contribution is -0.137. The molecule has 0 bridgehead atoms. The molecule has 2 N–H and O–H groups in total. The molecule has 2 heterocycles. The van der Waals surface area contributed by atoms with Crippen molar-refractivity contribution in [3.63, 3.8) is 0 Å². The number of nitrogens with zero attached hydrogens (tertiary/aromatic N) is 1. The number of hydrogen-bond donors (Lipinski definition) is 1. The van der Waals surface area contributed by atoms with Gasteiger partial charge < -0.3 is 10.2 Å². The molecule has 1 atom stereocenters. The van der Waals surface area contributed by atoms with Gasteiger partial charge >= 0.3 is 6.18 Å². The molecule has 0 amide bonds. The minimum Gasteiger partial charge on any atom is -0.452 e. The summed E-state index contributed by atoms with van der Waals surface area (Å²) in [7, 11) is 0. The Morgan fingerprint density at radius 3 is 2.59 bits per heavy atom. The highest BCUT2D eigenvalue weighted by Crippen LogP contribution is 2.35. The molecule has 2 rings (SSSR count). The van der Waals surface area contributed by atoms with Crippen molar-refractivity contribution in [1.29, 1.82) is 0 Å². The van der Waals surface area contributed by atoms with E-state index in [-0.39, 0.29) is 0 Å². The second-order valence-corrected chi connectivity index (χ2v) is 5.03. The first-order chi connectivity index (χ1) is 7.88. The lowest BCUT2D eigenvalue weighted by Gasteiger charge is -2.04. The number of thiazole rings is 1. The summed E-state index contributed by atoms with van der Waals surface area (Å²) < 4.78 is 42.7. The Labute approximate surface area is 107 Å². The summed E-state index contributed by atoms with van der Waals surface area (Å²) in [5.74, 6) is 0.384. The number of rotatable bonds is 2. The Morgan fingerprint density at radius 2 is 2.12 bits per heavy atom. The van der Waals surface area contributed by atoms with Gasteiger partial charge in [0.15, 0.2) is 9.68 Å². The third-order valence-electron chi connectivity index (χ3n) is 1.97. The number of alkyl halides is 3. The van der Waals surface area contributed by atoms with Crippen molar-refractivity contribution in [2.45, 2.75) is 12.2 Å². The maximum Gasteiger partial charge on any atom is 0.443 e. The summed E-state index contributed by atoms with van der Waals surface area (Å²) in [6.45, 7) is 0. The monoisotopic (exact) mass is 326 g/mol. The molecular formula is C9H6BrF3N2OS. The van der Waals surface area contributed by atoms with E-state index >= 15 is 0 Å². The average Bonchev–Trinajstić information content (AvgIpc) is 2.83. The van der Waals surface area contributed by atoms with Gasteiger partial charge in [-0.15, -0.1) is 11.3 Å². The van der Waals surface area contributed by atoms with Gasteiger partial charge in [0.1, 0.15) is 5.76 Å². The van der Waals surface area contributed by atoms with E-state index in [1.165, 1.54) is 0 Å². The minimum atomic E-state index is -4.44. The molecule has 92 valence electrons. The van der Waals surface area contributed by atoms with Crippen LogP contribution in [0.2, 0.25) is 0 Å². The van der Waals surface area contributed by atoms with Crippen molar-refractivity contribution in [2.24, 2.45) is 5.73 Å². The van der Waals surface area contributed by atoms with E-state index in [2.05, 4.69) is 20.9 Å². The maximum atomic E-state index is 12.3. The first kappa shape index (κ1) is 12.6. The van der Waals surface area contributed by atoms with Crippen LogP contribution in [-0.2, 0) is 6.18 Å². The van der Waals surface area contributed by atoms with E-state index in [9.17, 15) is 13.2 Å². The molecule has 0 aliphatic carbocycles. The van der Waals surface area contributed by atoms with Crippen LogP contribution in [0.25, 0.3) is 0 Å². The van der Waals surface area contributed by atoms with Crippen molar-refractivity contribution in [1.82, 2.24) is 4.98 Å². The van der Waals surface area contributed by atoms with Crippen LogP contribution < -0.4 is 5.73 Å². The van der Waals surface area contributed by atoms with Gasteiger partial charge in [-0.3, -0.25) is 0 Å². The molecule has 0 aromatic carbocycles. The van der Waals surface area contributed by atoms with E-state index in [4.69, 9.17) is 10.2 Å². The summed E-state index contributed by atoms with van der Waals surface area (Å²) in [5, 5.41) is -0.909. The van der Waals surface area contributed by atoms with Crippen LogP contribution in [0.3, 0.4) is 0 Å². The number of halogens is 4. The summed E-state index contributed by atoms with van der Waals surface area (Å²) in [5.41, 5.74) is 5.77. The lowest BCUT2D eigenvalue weighted by atomic mass is 10.2. The minimum absolute atomic E-state index is 0.305. The third kappa shape index (κ3) is 2.70. The third-order valence-corrected chi connectivity index (χ3v) is 3.52. The van der Waals surface area contributed by atoms with Crippen LogP contribution in [0.5, 0.6) is 0 Å². The largest absolute Gasteiger partial charge is 0.452 e. The fourth-order valence-corrected chi connectivity index (χ4v) is 2.31. The number of aromatic nitrogens is 1. The fraction of sp³-hybridized carbons (Fsp3) is 0.222. The molecule has 2 aromatic heterocycles. The Hall–Kier alpha value is -0.860. The van der Waals surface area contributed by atoms with Gasteiger partial charge in [-0.2, -0.15) is 13.2 Å². The van der Waals surface area contributed by atoms with E-state index in [0.717, 1.165) is 6.20 Å². The van der Waals surface area contributed by atoms with Crippen molar-refractivity contribution < 1.29 is 17.6 Å². The van der Waals surface area contributed by atoms with Crippen molar-refractivity contribution in [3.8, 4) is 0 Å². The summed E-state index contributed by atoms with van der Waals surface area (Å²) in [6.07, 6.45) is -3.32. The average molecular weight is 327 g/mol. The smallest absolute Gasteiger partial charge is 0.443 e. The predicted octanol–water partition coefficient (Wildman–Crippen LogP) is 3.57. The summed E-state index contributed by atoms with van der Waals surface area (Å²) in [6, 6.07) is 2.48. The van der Waals surface area contributed by atoms with Crippen molar-refractivity contribution >= 4 is 27.3 Å². The second kappa shape index (κ2) is 4.43. The topological polar surface area (TPSA) is 52.0 Å². The number of furan rings is 1. The van der Waals surface area contributed by atoms with E-state index in [0.29, 0.717) is 26.6 Å². The molecule has 0 saturated carbocycles. The molecule has 0 aliphatic rings. The Kier molecular flexibility index (Phi) is 3.28. The fourth-order valence-electron chi connectivity index (χ4n) is 1.20. The van der Waals surface area contributed by atoms with Crippen LogP contribution in [-0.4, -0.2) is 4.98 Å². The molecular weight excluding hydrogens is 321 g/mol. The molecule has 0 radical (unpaired) electrons. The zero-order valence-electron chi connectivity index (χ0n) is 8.16. The molecule has 1 unspecified atom stereocenters. The summed E-state index contributed by atoms with van der Waals surface area (Å²) in [4.78, 5) is 3.61. The normalized spacial score (nSPS) is 13.9. The van der Waals surface area contributed by atoms with Crippen LogP contribution in [0.4, 0.5) is 13.2 Å². The molecule has 3 nitrogen and oxygen atoms in total. The highest BCUT2D eigenvalue weighted by Gasteiger charge is 2.35. The Balaban J connectivity index is 2.26. The predicted molar refractivity (Wildman–Crippen MR) is 59.6 cm³/mol. The molecule has 0 spiro atoms. The van der Waals surface area contributed by atoms with Crippen LogP contribution in [0, 0.1) is 0 Å². The molecule has 2 aromatic rings. The maximum absolute atomic E-state index is 12.3. The SMILES string of the molecule is NC(c1ccc(Br)o1)c1cnc(C(F)(F)F)s1. The first-order valence-corrected chi connectivity index (χ1v) is 6.02. The van der Waals surface area contributed by atoms with Crippen molar-refractivity contribution in [2.75, 3.05) is 0 Å². The lowest BCUT2D eigenvalue weighted by Crippen LogP contribution is -2.09. The van der Waals surface area contributed by atoms with Crippen LogP contribution >= 0.6 is 27.3 Å². The Morgan fingerprint density at radius 1 is 1.41 bits per heavy atom. The van der Waals surface area contributed by atoms with Gasteiger partial charge in [-0.05, 0) is 28.1 Å². The van der Waals surface area contributed by atoms with Crippen LogP contribution in [0.15, 0.2) is 27.4 Å². The quantitative estimate of drug-likeness (QED) is 0.917. The standard InChI is InChI=1S/C9H6BrF3N2OS/c10-6-2-1-4(16-6)7(14)5-3-15-8(17-5)9(11,12)13/h1-3,7H,14H2. The van der Waals surface area contributed by atoms with Gasteiger partial charge in [-0.1, -0.05) is 0 Å². The second-order valence-electron chi connectivity index (χ2n) is 3.19. The highest BCUT2D eigenvalue weighted by atomic mass is 79.9. The van der Waals surface area contributed by atoms with Crippen molar-refractivity contribution in [3.05, 3.63) is 38.6 Å². The van der Waals surface area contributed by atoms with E-state index < -0.39 is 17.2 Å². The molecule has 0 aliphatic heterocycles. The molecule has 0 fully saturated rings. The van der Waals surface area contributed by atoms with Gasteiger partial charge in [0.2, 0.25) is 0 Å². The Bertz CT molecular complexity index is 522.